The van der Waals surface area contributed by atoms with E-state index in [2.05, 4.69) is 4.72 Å². The van der Waals surface area contributed by atoms with E-state index in [1.807, 2.05) is 13.8 Å². The van der Waals surface area contributed by atoms with Crippen LogP contribution >= 0.6 is 0 Å². The lowest BCUT2D eigenvalue weighted by molar-refractivity contribution is -0.147. The molecule has 29 heavy (non-hydrogen) atoms. The van der Waals surface area contributed by atoms with Crippen molar-refractivity contribution in [1.29, 1.82) is 0 Å². The van der Waals surface area contributed by atoms with Gasteiger partial charge in [0.2, 0.25) is 0 Å². The smallest absolute Gasteiger partial charge is 0.344 e. The largest absolute Gasteiger partial charge is 0.463 e. The molecule has 0 atom stereocenters. The zero-order valence-electron chi connectivity index (χ0n) is 16.7. The third kappa shape index (κ3) is 6.60. The molecule has 0 spiro atoms. The number of rotatable bonds is 9. The Morgan fingerprint density at radius 1 is 1.00 bits per heavy atom. The molecule has 0 saturated heterocycles. The summed E-state index contributed by atoms with van der Waals surface area (Å²) in [7, 11) is -3.91. The molecule has 0 aromatic heterocycles. The highest BCUT2D eigenvalue weighted by Crippen LogP contribution is 2.21. The summed E-state index contributed by atoms with van der Waals surface area (Å²) in [6.07, 6.45) is 1.61. The molecule has 2 aromatic carbocycles. The molecule has 156 valence electrons. The second-order valence-corrected chi connectivity index (χ2v) is 8.25. The summed E-state index contributed by atoms with van der Waals surface area (Å²) in [5, 5.41) is 0. The van der Waals surface area contributed by atoms with Crippen LogP contribution in [0.4, 0.5) is 5.69 Å². The maximum Gasteiger partial charge on any atom is 0.344 e. The van der Waals surface area contributed by atoms with E-state index in [0.29, 0.717) is 11.3 Å². The average Bonchev–Trinajstić information content (AvgIpc) is 2.68. The first kappa shape index (κ1) is 22.4. The normalized spacial score (nSPS) is 11.0. The molecule has 0 saturated carbocycles. The van der Waals surface area contributed by atoms with E-state index in [9.17, 15) is 18.0 Å². The summed E-state index contributed by atoms with van der Waals surface area (Å²) in [4.78, 5) is 23.7. The minimum Gasteiger partial charge on any atom is -0.463 e. The highest BCUT2D eigenvalue weighted by molar-refractivity contribution is 7.92. The Bertz CT molecular complexity index is 967. The quantitative estimate of drug-likeness (QED) is 0.492. The first-order chi connectivity index (χ1) is 13.7. The Balaban J connectivity index is 2.11. The van der Waals surface area contributed by atoms with Crippen molar-refractivity contribution in [2.24, 2.45) is 0 Å². The van der Waals surface area contributed by atoms with Gasteiger partial charge >= 0.3 is 11.9 Å². The van der Waals surface area contributed by atoms with E-state index in [4.69, 9.17) is 9.47 Å². The van der Waals surface area contributed by atoms with E-state index >= 15 is 0 Å². The summed E-state index contributed by atoms with van der Waals surface area (Å²) >= 11 is 0. The maximum atomic E-state index is 12.8. The number of unbranched alkanes of at least 4 members (excludes halogenated alkanes) is 1. The summed E-state index contributed by atoms with van der Waals surface area (Å²) in [5.74, 6) is -1.45. The number of carbonyl (C=O) groups excluding carboxylic acids is 2. The Morgan fingerprint density at radius 2 is 1.69 bits per heavy atom. The van der Waals surface area contributed by atoms with Crippen molar-refractivity contribution in [3.05, 3.63) is 59.2 Å². The fourth-order valence-corrected chi connectivity index (χ4v) is 3.76. The van der Waals surface area contributed by atoms with Gasteiger partial charge < -0.3 is 9.47 Å². The van der Waals surface area contributed by atoms with Crippen LogP contribution in [-0.2, 0) is 24.3 Å². The van der Waals surface area contributed by atoms with Crippen LogP contribution in [-0.4, -0.2) is 33.6 Å². The molecule has 8 heteroatoms. The van der Waals surface area contributed by atoms with Crippen molar-refractivity contribution in [2.45, 2.75) is 38.5 Å². The molecule has 0 heterocycles. The number of hydrogen-bond acceptors (Lipinski definition) is 6. The zero-order valence-corrected chi connectivity index (χ0v) is 17.5. The minimum absolute atomic E-state index is 0.0289. The van der Waals surface area contributed by atoms with Crippen LogP contribution in [0.3, 0.4) is 0 Å². The van der Waals surface area contributed by atoms with Gasteiger partial charge in [0.15, 0.2) is 6.61 Å². The summed E-state index contributed by atoms with van der Waals surface area (Å²) in [5.41, 5.74) is 1.92. The first-order valence-electron chi connectivity index (χ1n) is 9.26. The van der Waals surface area contributed by atoms with E-state index in [1.165, 1.54) is 18.2 Å². The van der Waals surface area contributed by atoms with Gasteiger partial charge in [-0.3, -0.25) is 4.72 Å². The average molecular weight is 419 g/mol. The van der Waals surface area contributed by atoms with Crippen molar-refractivity contribution in [1.82, 2.24) is 0 Å². The first-order valence-corrected chi connectivity index (χ1v) is 10.7. The molecule has 2 aromatic rings. The summed E-state index contributed by atoms with van der Waals surface area (Å²) in [6, 6.07) is 11.1. The SMILES string of the molecule is CCCCOC(=O)COC(=O)c1ccc(C)c(S(=O)(=O)Nc2ccc(C)cc2)c1. The van der Waals surface area contributed by atoms with Gasteiger partial charge in [-0.05, 0) is 50.1 Å². The monoisotopic (exact) mass is 419 g/mol. The highest BCUT2D eigenvalue weighted by Gasteiger charge is 2.20. The number of nitrogens with one attached hydrogen (secondary N) is 1. The fraction of sp³-hybridized carbons (Fsp3) is 0.333. The van der Waals surface area contributed by atoms with Crippen LogP contribution in [0.2, 0.25) is 0 Å². The van der Waals surface area contributed by atoms with Gasteiger partial charge in [0.25, 0.3) is 10.0 Å². The van der Waals surface area contributed by atoms with Crippen LogP contribution in [0.5, 0.6) is 0 Å². The predicted octanol–water partition coefficient (Wildman–Crippen LogP) is 3.60. The second kappa shape index (κ2) is 10.1. The van der Waals surface area contributed by atoms with E-state index in [0.717, 1.165) is 18.4 Å². The summed E-state index contributed by atoms with van der Waals surface area (Å²) in [6.45, 7) is 5.23. The van der Waals surface area contributed by atoms with Gasteiger partial charge in [-0.1, -0.05) is 37.1 Å². The molecule has 0 bridgehead atoms. The third-order valence-electron chi connectivity index (χ3n) is 4.10. The second-order valence-electron chi connectivity index (χ2n) is 6.60. The topological polar surface area (TPSA) is 98.8 Å². The minimum atomic E-state index is -3.91. The molecule has 2 rings (SSSR count). The molecule has 0 radical (unpaired) electrons. The van der Waals surface area contributed by atoms with Gasteiger partial charge in [-0.15, -0.1) is 0 Å². The van der Waals surface area contributed by atoms with Gasteiger partial charge in [0, 0.05) is 5.69 Å². The number of anilines is 1. The third-order valence-corrected chi connectivity index (χ3v) is 5.62. The van der Waals surface area contributed by atoms with Crippen molar-refractivity contribution in [2.75, 3.05) is 17.9 Å². The molecule has 0 aliphatic heterocycles. The molecular formula is C21H25NO6S. The molecular weight excluding hydrogens is 394 g/mol. The van der Waals surface area contributed by atoms with Gasteiger partial charge in [0.05, 0.1) is 17.1 Å². The van der Waals surface area contributed by atoms with Crippen LogP contribution < -0.4 is 4.72 Å². The number of hydrogen-bond donors (Lipinski definition) is 1. The molecule has 1 N–H and O–H groups in total. The zero-order chi connectivity index (χ0) is 21.4. The summed E-state index contributed by atoms with van der Waals surface area (Å²) < 4.78 is 37.9. The predicted molar refractivity (Wildman–Crippen MR) is 109 cm³/mol. The van der Waals surface area contributed by atoms with Gasteiger partial charge in [-0.25, -0.2) is 18.0 Å². The number of esters is 2. The van der Waals surface area contributed by atoms with Crippen LogP contribution in [0, 0.1) is 13.8 Å². The molecule has 0 amide bonds. The van der Waals surface area contributed by atoms with Crippen molar-refractivity contribution in [3.63, 3.8) is 0 Å². The van der Waals surface area contributed by atoms with Crippen LogP contribution in [0.25, 0.3) is 0 Å². The number of carbonyl (C=O) groups is 2. The Morgan fingerprint density at radius 3 is 2.34 bits per heavy atom. The Hall–Kier alpha value is -2.87. The fourth-order valence-electron chi connectivity index (χ4n) is 2.43. The van der Waals surface area contributed by atoms with E-state index in [1.54, 1.807) is 31.2 Å². The molecule has 0 aliphatic carbocycles. The molecule has 0 unspecified atom stereocenters. The number of ether oxygens (including phenoxy) is 2. The standard InChI is InChI=1S/C21H25NO6S/c1-4-5-12-27-20(23)14-28-21(24)17-9-8-16(3)19(13-17)29(25,26)22-18-10-6-15(2)7-11-18/h6-11,13,22H,4-5,12,14H2,1-3H3. The van der Waals surface area contributed by atoms with Crippen molar-refractivity contribution in [3.8, 4) is 0 Å². The Labute approximate surface area is 171 Å². The molecule has 7 nitrogen and oxygen atoms in total. The number of aryl methyl sites for hydroxylation is 2. The van der Waals surface area contributed by atoms with Crippen LogP contribution in [0.1, 0.15) is 41.3 Å². The maximum absolute atomic E-state index is 12.8. The lowest BCUT2D eigenvalue weighted by atomic mass is 10.1. The van der Waals surface area contributed by atoms with Gasteiger partial charge in [0.1, 0.15) is 0 Å². The highest BCUT2D eigenvalue weighted by atomic mass is 32.2. The van der Waals surface area contributed by atoms with E-state index < -0.39 is 28.6 Å². The lowest BCUT2D eigenvalue weighted by Crippen LogP contribution is -2.18. The number of benzene rings is 2. The van der Waals surface area contributed by atoms with Crippen molar-refractivity contribution < 1.29 is 27.5 Å². The lowest BCUT2D eigenvalue weighted by Gasteiger charge is -2.12. The molecule has 0 fully saturated rings. The van der Waals surface area contributed by atoms with E-state index in [-0.39, 0.29) is 17.1 Å². The van der Waals surface area contributed by atoms with Crippen LogP contribution in [0.15, 0.2) is 47.4 Å². The number of sulfonamides is 1. The van der Waals surface area contributed by atoms with Gasteiger partial charge in [-0.2, -0.15) is 0 Å². The molecule has 0 aliphatic rings. The van der Waals surface area contributed by atoms with Crippen molar-refractivity contribution >= 4 is 27.6 Å². The Kier molecular flexibility index (Phi) is 7.78.